The van der Waals surface area contributed by atoms with E-state index in [0.29, 0.717) is 17.9 Å². The van der Waals surface area contributed by atoms with Gasteiger partial charge in [0.05, 0.1) is 17.9 Å². The molecule has 1 aromatic rings. The first-order valence-corrected chi connectivity index (χ1v) is 5.49. The van der Waals surface area contributed by atoms with Crippen molar-refractivity contribution in [1.29, 1.82) is 0 Å². The molecule has 0 heterocycles. The van der Waals surface area contributed by atoms with Crippen LogP contribution in [-0.2, 0) is 9.53 Å². The normalized spacial score (nSPS) is 9.88. The molecule has 0 unspecified atom stereocenters. The van der Waals surface area contributed by atoms with Crippen LogP contribution in [0.1, 0.15) is 29.8 Å². The maximum atomic E-state index is 11.7. The summed E-state index contributed by atoms with van der Waals surface area (Å²) in [6.45, 7) is 5.43. The standard InChI is InChI=1S/C13H17NO3/c1-5-17-13(16)11-7-6-9(2)8-12(11)14(4)10(3)15/h6-8H,5H2,1-4H3. The van der Waals surface area contributed by atoms with Crippen LogP contribution in [-0.4, -0.2) is 25.5 Å². The van der Waals surface area contributed by atoms with E-state index >= 15 is 0 Å². The lowest BCUT2D eigenvalue weighted by atomic mass is 10.1. The summed E-state index contributed by atoms with van der Waals surface area (Å²) in [4.78, 5) is 24.5. The van der Waals surface area contributed by atoms with Crippen LogP contribution < -0.4 is 4.90 Å². The smallest absolute Gasteiger partial charge is 0.340 e. The van der Waals surface area contributed by atoms with Gasteiger partial charge >= 0.3 is 5.97 Å². The zero-order valence-electron chi connectivity index (χ0n) is 10.6. The van der Waals surface area contributed by atoms with Gasteiger partial charge in [0.1, 0.15) is 0 Å². The second-order valence-corrected chi connectivity index (χ2v) is 3.82. The number of ether oxygens (including phenoxy) is 1. The second kappa shape index (κ2) is 5.48. The lowest BCUT2D eigenvalue weighted by Crippen LogP contribution is -2.25. The van der Waals surface area contributed by atoms with Crippen LogP contribution >= 0.6 is 0 Å². The summed E-state index contributed by atoms with van der Waals surface area (Å²) in [5.41, 5.74) is 1.98. The lowest BCUT2D eigenvalue weighted by molar-refractivity contribution is -0.116. The first-order chi connectivity index (χ1) is 7.97. The molecule has 1 amide bonds. The average molecular weight is 235 g/mol. The summed E-state index contributed by atoms with van der Waals surface area (Å²) in [5, 5.41) is 0. The van der Waals surface area contributed by atoms with Crippen LogP contribution in [0.5, 0.6) is 0 Å². The van der Waals surface area contributed by atoms with Crippen LogP contribution in [0.2, 0.25) is 0 Å². The van der Waals surface area contributed by atoms with E-state index in [9.17, 15) is 9.59 Å². The highest BCUT2D eigenvalue weighted by atomic mass is 16.5. The Morgan fingerprint density at radius 1 is 1.35 bits per heavy atom. The fourth-order valence-corrected chi connectivity index (χ4v) is 1.47. The molecule has 0 radical (unpaired) electrons. The number of anilines is 1. The Morgan fingerprint density at radius 2 is 2.00 bits per heavy atom. The second-order valence-electron chi connectivity index (χ2n) is 3.82. The number of benzene rings is 1. The van der Waals surface area contributed by atoms with Crippen LogP contribution in [0, 0.1) is 6.92 Å². The number of rotatable bonds is 3. The number of hydrogen-bond acceptors (Lipinski definition) is 3. The minimum absolute atomic E-state index is 0.124. The summed E-state index contributed by atoms with van der Waals surface area (Å²) >= 11 is 0. The number of aryl methyl sites for hydroxylation is 1. The van der Waals surface area contributed by atoms with Gasteiger partial charge in [0.25, 0.3) is 0 Å². The zero-order chi connectivity index (χ0) is 13.0. The minimum Gasteiger partial charge on any atom is -0.462 e. The molecule has 0 aliphatic rings. The number of carbonyl (C=O) groups excluding carboxylic acids is 2. The molecule has 17 heavy (non-hydrogen) atoms. The summed E-state index contributed by atoms with van der Waals surface area (Å²) in [6, 6.07) is 5.31. The number of esters is 1. The number of nitrogens with zero attached hydrogens (tertiary/aromatic N) is 1. The predicted octanol–water partition coefficient (Wildman–Crippen LogP) is 2.15. The molecule has 4 nitrogen and oxygen atoms in total. The van der Waals surface area contributed by atoms with Crippen LogP contribution in [0.4, 0.5) is 5.69 Å². The minimum atomic E-state index is -0.407. The van der Waals surface area contributed by atoms with E-state index in [1.807, 2.05) is 13.0 Å². The summed E-state index contributed by atoms with van der Waals surface area (Å²) in [6.07, 6.45) is 0. The van der Waals surface area contributed by atoms with E-state index in [4.69, 9.17) is 4.74 Å². The highest BCUT2D eigenvalue weighted by molar-refractivity contribution is 6.01. The predicted molar refractivity (Wildman–Crippen MR) is 66.2 cm³/mol. The van der Waals surface area contributed by atoms with Gasteiger partial charge in [-0.3, -0.25) is 4.79 Å². The van der Waals surface area contributed by atoms with Gasteiger partial charge in [-0.15, -0.1) is 0 Å². The largest absolute Gasteiger partial charge is 0.462 e. The van der Waals surface area contributed by atoms with Crippen LogP contribution in [0.25, 0.3) is 0 Å². The fourth-order valence-electron chi connectivity index (χ4n) is 1.47. The molecule has 0 atom stereocenters. The molecule has 0 fully saturated rings. The summed E-state index contributed by atoms with van der Waals surface area (Å²) in [5.74, 6) is -0.531. The number of carbonyl (C=O) groups is 2. The third-order valence-electron chi connectivity index (χ3n) is 2.48. The molecule has 0 saturated heterocycles. The average Bonchev–Trinajstić information content (AvgIpc) is 2.28. The molecule has 0 aliphatic carbocycles. The molecule has 1 aromatic carbocycles. The maximum Gasteiger partial charge on any atom is 0.340 e. The maximum absolute atomic E-state index is 11.7. The van der Waals surface area contributed by atoms with Gasteiger partial charge in [0, 0.05) is 14.0 Å². The fraction of sp³-hybridized carbons (Fsp3) is 0.385. The summed E-state index contributed by atoms with van der Waals surface area (Å²) < 4.78 is 4.96. The Bertz CT molecular complexity index is 440. The molecule has 4 heteroatoms. The van der Waals surface area contributed by atoms with Gasteiger partial charge in [0.2, 0.25) is 5.91 Å². The van der Waals surface area contributed by atoms with Crippen molar-refractivity contribution in [3.63, 3.8) is 0 Å². The van der Waals surface area contributed by atoms with E-state index in [0.717, 1.165) is 5.56 Å². The van der Waals surface area contributed by atoms with Crippen LogP contribution in [0.15, 0.2) is 18.2 Å². The Morgan fingerprint density at radius 3 is 2.53 bits per heavy atom. The van der Waals surface area contributed by atoms with Crippen molar-refractivity contribution in [2.75, 3.05) is 18.6 Å². The van der Waals surface area contributed by atoms with Crippen molar-refractivity contribution in [3.8, 4) is 0 Å². The first kappa shape index (κ1) is 13.2. The van der Waals surface area contributed by atoms with Crippen molar-refractivity contribution >= 4 is 17.6 Å². The van der Waals surface area contributed by atoms with Crippen molar-refractivity contribution in [2.45, 2.75) is 20.8 Å². The van der Waals surface area contributed by atoms with E-state index in [1.54, 1.807) is 26.1 Å². The van der Waals surface area contributed by atoms with E-state index in [2.05, 4.69) is 0 Å². The Balaban J connectivity index is 3.21. The first-order valence-electron chi connectivity index (χ1n) is 5.49. The Labute approximate surface area is 101 Å². The van der Waals surface area contributed by atoms with E-state index < -0.39 is 5.97 Å². The van der Waals surface area contributed by atoms with Gasteiger partial charge in [-0.05, 0) is 31.5 Å². The molecule has 0 aliphatic heterocycles. The molecule has 0 N–H and O–H groups in total. The number of hydrogen-bond donors (Lipinski definition) is 0. The third-order valence-corrected chi connectivity index (χ3v) is 2.48. The Kier molecular flexibility index (Phi) is 4.26. The van der Waals surface area contributed by atoms with Gasteiger partial charge in [-0.2, -0.15) is 0 Å². The highest BCUT2D eigenvalue weighted by Gasteiger charge is 2.17. The quantitative estimate of drug-likeness (QED) is 0.754. The molecular weight excluding hydrogens is 218 g/mol. The van der Waals surface area contributed by atoms with Crippen LogP contribution in [0.3, 0.4) is 0 Å². The number of amides is 1. The lowest BCUT2D eigenvalue weighted by Gasteiger charge is -2.18. The van der Waals surface area contributed by atoms with E-state index in [-0.39, 0.29) is 5.91 Å². The van der Waals surface area contributed by atoms with Crippen molar-refractivity contribution in [3.05, 3.63) is 29.3 Å². The van der Waals surface area contributed by atoms with Gasteiger partial charge in [-0.1, -0.05) is 6.07 Å². The molecular formula is C13H17NO3. The molecule has 92 valence electrons. The van der Waals surface area contributed by atoms with Crippen molar-refractivity contribution < 1.29 is 14.3 Å². The topological polar surface area (TPSA) is 46.6 Å². The van der Waals surface area contributed by atoms with Crippen molar-refractivity contribution in [2.24, 2.45) is 0 Å². The molecule has 0 saturated carbocycles. The van der Waals surface area contributed by atoms with Crippen molar-refractivity contribution in [1.82, 2.24) is 0 Å². The van der Waals surface area contributed by atoms with Gasteiger partial charge in [0.15, 0.2) is 0 Å². The molecule has 0 aromatic heterocycles. The monoisotopic (exact) mass is 235 g/mol. The molecule has 1 rings (SSSR count). The third kappa shape index (κ3) is 3.06. The van der Waals surface area contributed by atoms with Gasteiger partial charge < -0.3 is 9.64 Å². The zero-order valence-corrected chi connectivity index (χ0v) is 10.6. The SMILES string of the molecule is CCOC(=O)c1ccc(C)cc1N(C)C(C)=O. The van der Waals surface area contributed by atoms with Gasteiger partial charge in [-0.25, -0.2) is 4.79 Å². The highest BCUT2D eigenvalue weighted by Crippen LogP contribution is 2.22. The summed E-state index contributed by atoms with van der Waals surface area (Å²) in [7, 11) is 1.64. The molecule has 0 bridgehead atoms. The van der Waals surface area contributed by atoms with E-state index in [1.165, 1.54) is 11.8 Å². The Hall–Kier alpha value is -1.84. The molecule has 0 spiro atoms.